The zero-order valence-corrected chi connectivity index (χ0v) is 24.8. The van der Waals surface area contributed by atoms with Gasteiger partial charge in [-0.15, -0.1) is 0 Å². The molecule has 0 aromatic heterocycles. The van der Waals surface area contributed by atoms with E-state index in [2.05, 4.69) is 20.8 Å². The summed E-state index contributed by atoms with van der Waals surface area (Å²) in [5.41, 5.74) is 1.61. The largest absolute Gasteiger partial charge is 0.465 e. The van der Waals surface area contributed by atoms with Crippen LogP contribution in [0.4, 0.5) is 19.3 Å². The maximum absolute atomic E-state index is 15.1. The Bertz CT molecular complexity index is 1620. The summed E-state index contributed by atoms with van der Waals surface area (Å²) < 4.78 is 30.2. The minimum absolute atomic E-state index is 0.0660. The maximum atomic E-state index is 15.1. The third-order valence-electron chi connectivity index (χ3n) is 8.49. The normalized spacial score (nSPS) is 17.8. The number of hydrogen-bond acceptors (Lipinski definition) is 3. The second-order valence-corrected chi connectivity index (χ2v) is 12.7. The zero-order valence-electron chi connectivity index (χ0n) is 24.8. The van der Waals surface area contributed by atoms with E-state index in [1.54, 1.807) is 15.9 Å². The molecule has 43 heavy (non-hydrogen) atoms. The number of rotatable bonds is 7. The van der Waals surface area contributed by atoms with E-state index in [1.807, 2.05) is 72.8 Å². The molecule has 1 aliphatic rings. The van der Waals surface area contributed by atoms with Gasteiger partial charge in [-0.3, -0.25) is 0 Å². The van der Waals surface area contributed by atoms with E-state index in [0.717, 1.165) is 34.0 Å². The van der Waals surface area contributed by atoms with Crippen molar-refractivity contribution in [1.82, 2.24) is 4.90 Å². The Hall–Kier alpha value is -4.44. The van der Waals surface area contributed by atoms with Gasteiger partial charge in [-0.05, 0) is 58.2 Å². The molecule has 1 N–H and O–H groups in total. The predicted octanol–water partition coefficient (Wildman–Crippen LogP) is 8.76. The summed E-state index contributed by atoms with van der Waals surface area (Å²) in [6.07, 6.45) is 0.185. The minimum atomic E-state index is -0.986. The van der Waals surface area contributed by atoms with Crippen LogP contribution in [0, 0.1) is 34.3 Å². The average Bonchev–Trinajstić information content (AvgIpc) is 2.98. The molecule has 0 saturated carbocycles. The summed E-state index contributed by atoms with van der Waals surface area (Å²) in [4.78, 5) is 16.4. The molecule has 1 heterocycles. The van der Waals surface area contributed by atoms with E-state index in [0.29, 0.717) is 25.9 Å². The maximum Gasteiger partial charge on any atom is 0.407 e. The number of carboxylic acid groups (broad SMARTS) is 1. The third-order valence-corrected chi connectivity index (χ3v) is 8.49. The number of carbonyl (C=O) groups is 1. The summed E-state index contributed by atoms with van der Waals surface area (Å²) in [5, 5.41) is 21.9. The predicted molar refractivity (Wildman–Crippen MR) is 166 cm³/mol. The Labute approximate surface area is 252 Å². The molecule has 0 aliphatic carbocycles. The molecule has 1 fully saturated rings. The van der Waals surface area contributed by atoms with Gasteiger partial charge < -0.3 is 14.9 Å². The van der Waals surface area contributed by atoms with Gasteiger partial charge in [0.1, 0.15) is 5.69 Å². The number of nitrogens with zero attached hydrogens (tertiary/aromatic N) is 3. The number of benzene rings is 4. The first-order chi connectivity index (χ1) is 20.6. The number of halogens is 2. The van der Waals surface area contributed by atoms with Gasteiger partial charge in [0.05, 0.1) is 17.7 Å². The Morgan fingerprint density at radius 2 is 1.67 bits per heavy atom. The van der Waals surface area contributed by atoms with Crippen LogP contribution in [0.15, 0.2) is 84.9 Å². The number of piperidine rings is 1. The molecular weight excluding hydrogens is 544 g/mol. The number of fused-ring (bicyclic) bond motifs is 1. The summed E-state index contributed by atoms with van der Waals surface area (Å²) in [7, 11) is 0. The summed E-state index contributed by atoms with van der Waals surface area (Å²) in [5.74, 6) is -1.80. The van der Waals surface area contributed by atoms with E-state index in [-0.39, 0.29) is 41.1 Å². The molecular formula is C36H37F2N3O2. The number of hydrogen-bond donors (Lipinski definition) is 1. The fourth-order valence-corrected chi connectivity index (χ4v) is 6.53. The van der Waals surface area contributed by atoms with Gasteiger partial charge in [0, 0.05) is 25.6 Å². The Morgan fingerprint density at radius 3 is 2.33 bits per heavy atom. The number of amides is 1. The first-order valence-electron chi connectivity index (χ1n) is 14.7. The molecule has 1 aliphatic heterocycles. The minimum Gasteiger partial charge on any atom is -0.465 e. The van der Waals surface area contributed by atoms with E-state index in [1.165, 1.54) is 0 Å². The van der Waals surface area contributed by atoms with Gasteiger partial charge in [0.15, 0.2) is 11.6 Å². The van der Waals surface area contributed by atoms with Gasteiger partial charge in [-0.1, -0.05) is 93.6 Å². The van der Waals surface area contributed by atoms with Gasteiger partial charge in [0.25, 0.3) is 0 Å². The van der Waals surface area contributed by atoms with Crippen molar-refractivity contribution in [3.8, 4) is 6.07 Å². The van der Waals surface area contributed by atoms with Crippen molar-refractivity contribution in [3.63, 3.8) is 0 Å². The highest BCUT2D eigenvalue weighted by molar-refractivity contribution is 5.86. The lowest BCUT2D eigenvalue weighted by Crippen LogP contribution is -2.46. The third kappa shape index (κ3) is 6.64. The molecule has 222 valence electrons. The van der Waals surface area contributed by atoms with Gasteiger partial charge in [-0.2, -0.15) is 5.26 Å². The van der Waals surface area contributed by atoms with Gasteiger partial charge in [0.2, 0.25) is 0 Å². The monoisotopic (exact) mass is 581 g/mol. The molecule has 4 aromatic rings. The van der Waals surface area contributed by atoms with Crippen LogP contribution in [-0.2, 0) is 0 Å². The van der Waals surface area contributed by atoms with Crippen LogP contribution >= 0.6 is 0 Å². The molecule has 2 unspecified atom stereocenters. The van der Waals surface area contributed by atoms with Crippen LogP contribution in [0.5, 0.6) is 0 Å². The summed E-state index contributed by atoms with van der Waals surface area (Å²) in [6, 6.07) is 27.4. The van der Waals surface area contributed by atoms with Gasteiger partial charge >= 0.3 is 6.09 Å². The SMILES string of the molecule is CC(C)(C)C[C@H](c1cccc2ccccc12)N(CC1CCN(c2c(F)cc(C#N)cc2F)CC1c1ccccc1)C(=O)O. The highest BCUT2D eigenvalue weighted by Crippen LogP contribution is 2.41. The Kier molecular flexibility index (Phi) is 8.68. The fraction of sp³-hybridized carbons (Fsp3) is 0.333. The topological polar surface area (TPSA) is 67.6 Å². The molecule has 0 radical (unpaired) electrons. The van der Waals surface area contributed by atoms with Crippen LogP contribution < -0.4 is 4.90 Å². The second kappa shape index (κ2) is 12.4. The first kappa shape index (κ1) is 30.0. The van der Waals surface area contributed by atoms with Crippen LogP contribution in [-0.4, -0.2) is 35.7 Å². The molecule has 5 nitrogen and oxygen atoms in total. The average molecular weight is 582 g/mol. The molecule has 1 saturated heterocycles. The lowest BCUT2D eigenvalue weighted by molar-refractivity contribution is 0.0917. The van der Waals surface area contributed by atoms with Crippen LogP contribution in [0.2, 0.25) is 0 Å². The van der Waals surface area contributed by atoms with Crippen LogP contribution in [0.25, 0.3) is 10.8 Å². The quantitative estimate of drug-likeness (QED) is 0.237. The van der Waals surface area contributed by atoms with Crippen molar-refractivity contribution in [1.29, 1.82) is 5.26 Å². The number of nitriles is 1. The summed E-state index contributed by atoms with van der Waals surface area (Å²) in [6.45, 7) is 7.33. The second-order valence-electron chi connectivity index (χ2n) is 12.7. The van der Waals surface area contributed by atoms with E-state index in [4.69, 9.17) is 5.26 Å². The highest BCUT2D eigenvalue weighted by Gasteiger charge is 2.38. The van der Waals surface area contributed by atoms with Crippen molar-refractivity contribution < 1.29 is 18.7 Å². The van der Waals surface area contributed by atoms with E-state index in [9.17, 15) is 9.90 Å². The summed E-state index contributed by atoms with van der Waals surface area (Å²) >= 11 is 0. The number of anilines is 1. The van der Waals surface area contributed by atoms with Crippen LogP contribution in [0.1, 0.15) is 62.3 Å². The Balaban J connectivity index is 1.52. The molecule has 4 aromatic carbocycles. The molecule has 0 bridgehead atoms. The molecule has 7 heteroatoms. The van der Waals surface area contributed by atoms with Crippen LogP contribution in [0.3, 0.4) is 0 Å². The fourth-order valence-electron chi connectivity index (χ4n) is 6.53. The van der Waals surface area contributed by atoms with Gasteiger partial charge in [-0.25, -0.2) is 13.6 Å². The van der Waals surface area contributed by atoms with E-state index >= 15 is 8.78 Å². The van der Waals surface area contributed by atoms with Crippen molar-refractivity contribution in [3.05, 3.63) is 113 Å². The first-order valence-corrected chi connectivity index (χ1v) is 14.7. The lowest BCUT2D eigenvalue weighted by atomic mass is 9.78. The zero-order chi connectivity index (χ0) is 30.7. The molecule has 3 atom stereocenters. The molecule has 0 spiro atoms. The van der Waals surface area contributed by atoms with E-state index < -0.39 is 17.7 Å². The van der Waals surface area contributed by atoms with Crippen molar-refractivity contribution >= 4 is 22.6 Å². The van der Waals surface area contributed by atoms with Crippen molar-refractivity contribution in [2.75, 3.05) is 24.5 Å². The highest BCUT2D eigenvalue weighted by atomic mass is 19.1. The van der Waals surface area contributed by atoms with Crippen molar-refractivity contribution in [2.24, 2.45) is 11.3 Å². The molecule has 1 amide bonds. The lowest BCUT2D eigenvalue weighted by Gasteiger charge is -2.43. The molecule has 5 rings (SSSR count). The Morgan fingerprint density at radius 1 is 1.02 bits per heavy atom. The standard InChI is InChI=1S/C36H37F2N3O2/c1-36(2,3)20-33(29-15-9-13-25-12-7-8-14-28(25)29)41(35(42)43)22-27-16-17-40(23-30(27)26-10-5-4-6-11-26)34-31(37)18-24(21-39)19-32(34)38/h4-15,18-19,27,30,33H,16-17,20,22-23H2,1-3H3,(H,42,43)/t27?,30?,33-/m1/s1. The van der Waals surface area contributed by atoms with Crippen molar-refractivity contribution in [2.45, 2.75) is 45.6 Å². The smallest absolute Gasteiger partial charge is 0.407 e.